The van der Waals surface area contributed by atoms with E-state index in [1.807, 2.05) is 0 Å². The lowest BCUT2D eigenvalue weighted by molar-refractivity contribution is -0.136. The van der Waals surface area contributed by atoms with E-state index in [2.05, 4.69) is 4.72 Å². The number of carbonyl (C=O) groups is 1. The first-order valence-corrected chi connectivity index (χ1v) is 7.39. The Morgan fingerprint density at radius 3 is 2.72 bits per heavy atom. The van der Waals surface area contributed by atoms with Crippen LogP contribution in [-0.4, -0.2) is 25.2 Å². The Hall–Kier alpha value is -1.56. The predicted molar refractivity (Wildman–Crippen MR) is 70.1 cm³/mol. The second-order valence-corrected chi connectivity index (χ2v) is 5.86. The van der Waals surface area contributed by atoms with E-state index in [0.29, 0.717) is 18.5 Å². The molecule has 0 bridgehead atoms. The summed E-state index contributed by atoms with van der Waals surface area (Å²) in [5.41, 5.74) is 1.28. The number of hydrogen-bond acceptors (Lipinski definition) is 3. The van der Waals surface area contributed by atoms with Gasteiger partial charge < -0.3 is 5.11 Å². The van der Waals surface area contributed by atoms with Crippen LogP contribution in [0, 0.1) is 0 Å². The summed E-state index contributed by atoms with van der Waals surface area (Å²) < 4.78 is 25.6. The molecule has 0 unspecified atom stereocenters. The van der Waals surface area contributed by atoms with Crippen LogP contribution in [0.1, 0.15) is 25.3 Å². The van der Waals surface area contributed by atoms with Crippen molar-refractivity contribution < 1.29 is 18.3 Å². The lowest BCUT2D eigenvalue weighted by atomic mass is 10.1. The summed E-state index contributed by atoms with van der Waals surface area (Å²) in [6.07, 6.45) is 0.970. The first-order chi connectivity index (χ1) is 8.43. The zero-order valence-corrected chi connectivity index (χ0v) is 11.0. The molecule has 0 radical (unpaired) electrons. The average Bonchev–Trinajstić information content (AvgIpc) is 2.26. The fourth-order valence-corrected chi connectivity index (χ4v) is 2.67. The number of carboxylic acids is 1. The van der Waals surface area contributed by atoms with Crippen molar-refractivity contribution in [1.29, 1.82) is 0 Å². The Labute approximate surface area is 107 Å². The highest BCUT2D eigenvalue weighted by Gasteiger charge is 2.09. The highest BCUT2D eigenvalue weighted by molar-refractivity contribution is 7.92. The summed E-state index contributed by atoms with van der Waals surface area (Å²) >= 11 is 0. The van der Waals surface area contributed by atoms with Crippen LogP contribution in [0.5, 0.6) is 0 Å². The number of nitrogens with one attached hydrogen (secondary N) is 1. The third-order valence-corrected chi connectivity index (χ3v) is 3.79. The van der Waals surface area contributed by atoms with Gasteiger partial charge in [-0.1, -0.05) is 19.1 Å². The molecule has 0 heterocycles. The molecular formula is C12H17NO4S. The number of carboxylic acid groups (broad SMARTS) is 1. The van der Waals surface area contributed by atoms with Gasteiger partial charge in [-0.05, 0) is 30.5 Å². The van der Waals surface area contributed by atoms with Crippen LogP contribution in [0.3, 0.4) is 0 Å². The van der Waals surface area contributed by atoms with Crippen molar-refractivity contribution in [3.05, 3.63) is 29.8 Å². The standard InChI is InChI=1S/C12H17NO4S/c1-2-8-18(16,17)13-11-5-3-4-10(9-11)6-7-12(14)15/h3-5,9,13H,2,6-8H2,1H3,(H,14,15). The molecule has 100 valence electrons. The van der Waals surface area contributed by atoms with Gasteiger partial charge in [0.2, 0.25) is 10.0 Å². The minimum absolute atomic E-state index is 0.0329. The minimum atomic E-state index is -3.30. The Balaban J connectivity index is 2.73. The number of hydrogen-bond donors (Lipinski definition) is 2. The number of sulfonamides is 1. The maximum absolute atomic E-state index is 11.6. The number of anilines is 1. The number of rotatable bonds is 7. The number of aryl methyl sites for hydroxylation is 1. The van der Waals surface area contributed by atoms with Crippen LogP contribution in [0.2, 0.25) is 0 Å². The molecule has 18 heavy (non-hydrogen) atoms. The van der Waals surface area contributed by atoms with Gasteiger partial charge in [0.05, 0.1) is 5.75 Å². The maximum Gasteiger partial charge on any atom is 0.303 e. The molecule has 0 fully saturated rings. The molecule has 2 N–H and O–H groups in total. The summed E-state index contributed by atoms with van der Waals surface area (Å²) in [5.74, 6) is -0.793. The third kappa shape index (κ3) is 5.18. The topological polar surface area (TPSA) is 83.5 Å². The first-order valence-electron chi connectivity index (χ1n) is 5.74. The second-order valence-electron chi connectivity index (χ2n) is 4.02. The normalized spacial score (nSPS) is 11.2. The highest BCUT2D eigenvalue weighted by atomic mass is 32.2. The SMILES string of the molecule is CCCS(=O)(=O)Nc1cccc(CCC(=O)O)c1. The van der Waals surface area contributed by atoms with Crippen molar-refractivity contribution in [3.63, 3.8) is 0 Å². The molecule has 0 saturated heterocycles. The van der Waals surface area contributed by atoms with Crippen LogP contribution < -0.4 is 4.72 Å². The average molecular weight is 271 g/mol. The van der Waals surface area contributed by atoms with Crippen molar-refractivity contribution in [2.75, 3.05) is 10.5 Å². The van der Waals surface area contributed by atoms with Crippen LogP contribution in [0.25, 0.3) is 0 Å². The van der Waals surface area contributed by atoms with E-state index in [0.717, 1.165) is 5.56 Å². The zero-order chi connectivity index (χ0) is 13.6. The van der Waals surface area contributed by atoms with E-state index >= 15 is 0 Å². The second kappa shape index (κ2) is 6.39. The first kappa shape index (κ1) is 14.5. The Kier molecular flexibility index (Phi) is 5.15. The molecule has 6 heteroatoms. The van der Waals surface area contributed by atoms with E-state index in [9.17, 15) is 13.2 Å². The summed E-state index contributed by atoms with van der Waals surface area (Å²) in [5, 5.41) is 8.59. The predicted octanol–water partition coefficient (Wildman–Crippen LogP) is 1.86. The van der Waals surface area contributed by atoms with E-state index < -0.39 is 16.0 Å². The smallest absolute Gasteiger partial charge is 0.303 e. The summed E-state index contributed by atoms with van der Waals surface area (Å²) in [4.78, 5) is 10.5. The summed E-state index contributed by atoms with van der Waals surface area (Å²) in [7, 11) is -3.30. The molecule has 0 saturated carbocycles. The molecule has 1 aromatic rings. The molecule has 0 spiro atoms. The zero-order valence-electron chi connectivity index (χ0n) is 10.2. The van der Waals surface area contributed by atoms with Gasteiger partial charge in [0, 0.05) is 12.1 Å². The highest BCUT2D eigenvalue weighted by Crippen LogP contribution is 2.14. The molecular weight excluding hydrogens is 254 g/mol. The number of benzene rings is 1. The molecule has 0 aliphatic heterocycles. The molecule has 0 aliphatic rings. The monoisotopic (exact) mass is 271 g/mol. The van der Waals surface area contributed by atoms with E-state index in [1.54, 1.807) is 31.2 Å². The van der Waals surface area contributed by atoms with Gasteiger partial charge in [-0.15, -0.1) is 0 Å². The van der Waals surface area contributed by atoms with E-state index in [4.69, 9.17) is 5.11 Å². The van der Waals surface area contributed by atoms with E-state index in [1.165, 1.54) is 0 Å². The van der Waals surface area contributed by atoms with Crippen LogP contribution in [0.15, 0.2) is 24.3 Å². The quantitative estimate of drug-likeness (QED) is 0.792. The van der Waals surface area contributed by atoms with Crippen LogP contribution >= 0.6 is 0 Å². The van der Waals surface area contributed by atoms with Gasteiger partial charge in [0.15, 0.2) is 0 Å². The van der Waals surface area contributed by atoms with Gasteiger partial charge in [0.25, 0.3) is 0 Å². The van der Waals surface area contributed by atoms with E-state index in [-0.39, 0.29) is 12.2 Å². The minimum Gasteiger partial charge on any atom is -0.481 e. The van der Waals surface area contributed by atoms with Crippen molar-refractivity contribution >= 4 is 21.7 Å². The van der Waals surface area contributed by atoms with Crippen molar-refractivity contribution in [1.82, 2.24) is 0 Å². The summed E-state index contributed by atoms with van der Waals surface area (Å²) in [6.45, 7) is 1.79. The fraction of sp³-hybridized carbons (Fsp3) is 0.417. The molecule has 0 aromatic heterocycles. The van der Waals surface area contributed by atoms with Gasteiger partial charge in [0.1, 0.15) is 0 Å². The lowest BCUT2D eigenvalue weighted by Gasteiger charge is -2.08. The molecule has 0 aliphatic carbocycles. The molecule has 0 amide bonds. The third-order valence-electron chi connectivity index (χ3n) is 2.30. The molecule has 1 rings (SSSR count). The lowest BCUT2D eigenvalue weighted by Crippen LogP contribution is -2.16. The Morgan fingerprint density at radius 2 is 2.11 bits per heavy atom. The molecule has 5 nitrogen and oxygen atoms in total. The Bertz CT molecular complexity index is 511. The van der Waals surface area contributed by atoms with Gasteiger partial charge in [-0.2, -0.15) is 0 Å². The van der Waals surface area contributed by atoms with Crippen molar-refractivity contribution in [3.8, 4) is 0 Å². The Morgan fingerprint density at radius 1 is 1.39 bits per heavy atom. The fourth-order valence-electron chi connectivity index (χ4n) is 1.54. The largest absolute Gasteiger partial charge is 0.481 e. The molecule has 0 atom stereocenters. The van der Waals surface area contributed by atoms with Gasteiger partial charge in [-0.25, -0.2) is 8.42 Å². The van der Waals surface area contributed by atoms with Crippen LogP contribution in [0.4, 0.5) is 5.69 Å². The number of aliphatic carboxylic acids is 1. The van der Waals surface area contributed by atoms with Crippen LogP contribution in [-0.2, 0) is 21.2 Å². The molecule has 1 aromatic carbocycles. The van der Waals surface area contributed by atoms with Gasteiger partial charge >= 0.3 is 5.97 Å². The maximum atomic E-state index is 11.6. The summed E-state index contributed by atoms with van der Waals surface area (Å²) in [6, 6.07) is 6.80. The van der Waals surface area contributed by atoms with Gasteiger partial charge in [-0.3, -0.25) is 9.52 Å². The van der Waals surface area contributed by atoms with Crippen molar-refractivity contribution in [2.24, 2.45) is 0 Å². The van der Waals surface area contributed by atoms with Crippen molar-refractivity contribution in [2.45, 2.75) is 26.2 Å².